The number of benzene rings is 1. The molecule has 1 aromatic carbocycles. The van der Waals surface area contributed by atoms with Gasteiger partial charge in [0.15, 0.2) is 0 Å². The van der Waals surface area contributed by atoms with Crippen LogP contribution >= 0.6 is 0 Å². The molecule has 15 heavy (non-hydrogen) atoms. The number of hydrogen-bond donors (Lipinski definition) is 2. The van der Waals surface area contributed by atoms with Crippen molar-refractivity contribution in [2.75, 3.05) is 11.9 Å². The predicted molar refractivity (Wildman–Crippen MR) is 61.1 cm³/mol. The third-order valence-electron chi connectivity index (χ3n) is 4.05. The first-order valence-corrected chi connectivity index (χ1v) is 5.84. The molecular weight excluding hydrogens is 186 g/mol. The predicted octanol–water partition coefficient (Wildman–Crippen LogP) is 2.28. The lowest BCUT2D eigenvalue weighted by Crippen LogP contribution is -2.43. The topological polar surface area (TPSA) is 32.3 Å². The molecule has 2 heteroatoms. The quantitative estimate of drug-likeness (QED) is 0.678. The highest BCUT2D eigenvalue weighted by atomic mass is 16.3. The Morgan fingerprint density at radius 1 is 1.27 bits per heavy atom. The first kappa shape index (κ1) is 9.22. The number of fused-ring (bicyclic) bond motifs is 2. The SMILES string of the molecule is OC1CCCCC12CNc1ccccc12. The highest BCUT2D eigenvalue weighted by Crippen LogP contribution is 2.46. The average Bonchev–Trinajstić information content (AvgIpc) is 2.64. The molecule has 2 atom stereocenters. The summed E-state index contributed by atoms with van der Waals surface area (Å²) in [7, 11) is 0. The van der Waals surface area contributed by atoms with Crippen molar-refractivity contribution in [1.29, 1.82) is 0 Å². The first-order chi connectivity index (χ1) is 7.33. The Hall–Kier alpha value is -1.02. The number of anilines is 1. The Kier molecular flexibility index (Phi) is 1.99. The average molecular weight is 203 g/mol. The molecule has 0 bridgehead atoms. The first-order valence-electron chi connectivity index (χ1n) is 5.84. The molecule has 3 rings (SSSR count). The van der Waals surface area contributed by atoms with Crippen molar-refractivity contribution in [3.8, 4) is 0 Å². The highest BCUT2D eigenvalue weighted by Gasteiger charge is 2.45. The molecule has 1 aromatic rings. The molecule has 1 aliphatic carbocycles. The summed E-state index contributed by atoms with van der Waals surface area (Å²) < 4.78 is 0. The largest absolute Gasteiger partial charge is 0.392 e. The number of aliphatic hydroxyl groups is 1. The highest BCUT2D eigenvalue weighted by molar-refractivity contribution is 5.61. The lowest BCUT2D eigenvalue weighted by atomic mass is 9.69. The molecule has 1 heterocycles. The van der Waals surface area contributed by atoms with Crippen LogP contribution in [0.1, 0.15) is 31.2 Å². The van der Waals surface area contributed by atoms with Gasteiger partial charge in [0, 0.05) is 17.6 Å². The minimum absolute atomic E-state index is 0.00877. The molecule has 1 fully saturated rings. The molecule has 0 aromatic heterocycles. The molecule has 0 amide bonds. The summed E-state index contributed by atoms with van der Waals surface area (Å²) in [6.45, 7) is 0.910. The van der Waals surface area contributed by atoms with Gasteiger partial charge >= 0.3 is 0 Å². The molecule has 2 unspecified atom stereocenters. The van der Waals surface area contributed by atoms with Crippen LogP contribution in [0.5, 0.6) is 0 Å². The van der Waals surface area contributed by atoms with Crippen LogP contribution < -0.4 is 5.32 Å². The van der Waals surface area contributed by atoms with Crippen molar-refractivity contribution in [2.45, 2.75) is 37.2 Å². The van der Waals surface area contributed by atoms with Crippen LogP contribution in [0.2, 0.25) is 0 Å². The monoisotopic (exact) mass is 203 g/mol. The van der Waals surface area contributed by atoms with Gasteiger partial charge in [-0.2, -0.15) is 0 Å². The van der Waals surface area contributed by atoms with E-state index in [1.54, 1.807) is 0 Å². The maximum atomic E-state index is 10.3. The van der Waals surface area contributed by atoms with Crippen molar-refractivity contribution in [3.63, 3.8) is 0 Å². The number of aliphatic hydroxyl groups excluding tert-OH is 1. The fourth-order valence-electron chi connectivity index (χ4n) is 3.16. The van der Waals surface area contributed by atoms with Crippen LogP contribution in [0.15, 0.2) is 24.3 Å². The summed E-state index contributed by atoms with van der Waals surface area (Å²) in [5.74, 6) is 0. The lowest BCUT2D eigenvalue weighted by molar-refractivity contribution is 0.0526. The fraction of sp³-hybridized carbons (Fsp3) is 0.538. The van der Waals surface area contributed by atoms with Crippen LogP contribution in [0.4, 0.5) is 5.69 Å². The number of nitrogens with one attached hydrogen (secondary N) is 1. The van der Waals surface area contributed by atoms with Crippen LogP contribution in [0, 0.1) is 0 Å². The van der Waals surface area contributed by atoms with Crippen molar-refractivity contribution < 1.29 is 5.11 Å². The Labute approximate surface area is 90.3 Å². The summed E-state index contributed by atoms with van der Waals surface area (Å²) in [5, 5.41) is 13.7. The summed E-state index contributed by atoms with van der Waals surface area (Å²) in [6.07, 6.45) is 4.33. The normalized spacial score (nSPS) is 33.8. The van der Waals surface area contributed by atoms with Crippen LogP contribution in [0.25, 0.3) is 0 Å². The standard InChI is InChI=1S/C13H17NO/c15-12-7-3-4-8-13(12)9-14-11-6-2-1-5-10(11)13/h1-2,5-6,12,14-15H,3-4,7-9H2. The molecule has 1 aliphatic heterocycles. The second-order valence-electron chi connectivity index (χ2n) is 4.82. The molecule has 1 saturated carbocycles. The van der Waals surface area contributed by atoms with Gasteiger partial charge in [-0.15, -0.1) is 0 Å². The van der Waals surface area contributed by atoms with Gasteiger partial charge in [-0.25, -0.2) is 0 Å². The Bertz CT molecular complexity index is 373. The van der Waals surface area contributed by atoms with Crippen LogP contribution in [-0.2, 0) is 5.41 Å². The molecule has 2 nitrogen and oxygen atoms in total. The van der Waals surface area contributed by atoms with Crippen LogP contribution in [0.3, 0.4) is 0 Å². The summed E-state index contributed by atoms with van der Waals surface area (Å²) in [5.41, 5.74) is 2.56. The molecule has 2 N–H and O–H groups in total. The fourth-order valence-corrected chi connectivity index (χ4v) is 3.16. The van der Waals surface area contributed by atoms with Crippen LogP contribution in [-0.4, -0.2) is 17.8 Å². The smallest absolute Gasteiger partial charge is 0.0654 e. The molecule has 80 valence electrons. The zero-order valence-corrected chi connectivity index (χ0v) is 8.87. The summed E-state index contributed by atoms with van der Waals surface area (Å²) in [6, 6.07) is 8.42. The van der Waals surface area contributed by atoms with E-state index in [-0.39, 0.29) is 11.5 Å². The van der Waals surface area contributed by atoms with Gasteiger partial charge in [0.2, 0.25) is 0 Å². The van der Waals surface area contributed by atoms with Crippen molar-refractivity contribution in [2.24, 2.45) is 0 Å². The Morgan fingerprint density at radius 3 is 3.00 bits per heavy atom. The van der Waals surface area contributed by atoms with Gasteiger partial charge in [-0.05, 0) is 24.5 Å². The van der Waals surface area contributed by atoms with Gasteiger partial charge in [-0.1, -0.05) is 31.0 Å². The maximum absolute atomic E-state index is 10.3. The minimum atomic E-state index is -0.164. The minimum Gasteiger partial charge on any atom is -0.392 e. The zero-order chi connectivity index (χ0) is 10.3. The van der Waals surface area contributed by atoms with Gasteiger partial charge in [0.05, 0.1) is 6.10 Å². The maximum Gasteiger partial charge on any atom is 0.0654 e. The lowest BCUT2D eigenvalue weighted by Gasteiger charge is -2.38. The number of rotatable bonds is 0. The third kappa shape index (κ3) is 1.21. The van der Waals surface area contributed by atoms with Gasteiger partial charge < -0.3 is 10.4 Å². The van der Waals surface area contributed by atoms with E-state index < -0.39 is 0 Å². The molecule has 2 aliphatic rings. The Morgan fingerprint density at radius 2 is 2.13 bits per heavy atom. The van der Waals surface area contributed by atoms with Gasteiger partial charge in [0.1, 0.15) is 0 Å². The molecule has 0 saturated heterocycles. The van der Waals surface area contributed by atoms with E-state index in [0.717, 1.165) is 19.4 Å². The van der Waals surface area contributed by atoms with E-state index in [9.17, 15) is 5.11 Å². The van der Waals surface area contributed by atoms with E-state index >= 15 is 0 Å². The second kappa shape index (κ2) is 3.24. The second-order valence-corrected chi connectivity index (χ2v) is 4.82. The summed E-state index contributed by atoms with van der Waals surface area (Å²) >= 11 is 0. The van der Waals surface area contributed by atoms with Gasteiger partial charge in [0.25, 0.3) is 0 Å². The molecule has 0 radical (unpaired) electrons. The number of para-hydroxylation sites is 1. The zero-order valence-electron chi connectivity index (χ0n) is 8.87. The third-order valence-corrected chi connectivity index (χ3v) is 4.05. The Balaban J connectivity index is 2.07. The van der Waals surface area contributed by atoms with E-state index in [4.69, 9.17) is 0 Å². The van der Waals surface area contributed by atoms with E-state index in [1.165, 1.54) is 24.1 Å². The summed E-state index contributed by atoms with van der Waals surface area (Å²) in [4.78, 5) is 0. The van der Waals surface area contributed by atoms with Gasteiger partial charge in [-0.3, -0.25) is 0 Å². The number of hydrogen-bond acceptors (Lipinski definition) is 2. The van der Waals surface area contributed by atoms with Crippen molar-refractivity contribution in [1.82, 2.24) is 0 Å². The molecule has 1 spiro atoms. The van der Waals surface area contributed by atoms with Crippen molar-refractivity contribution in [3.05, 3.63) is 29.8 Å². The molecular formula is C13H17NO. The van der Waals surface area contributed by atoms with E-state index in [1.807, 2.05) is 0 Å². The van der Waals surface area contributed by atoms with E-state index in [2.05, 4.69) is 29.6 Å². The van der Waals surface area contributed by atoms with Crippen molar-refractivity contribution >= 4 is 5.69 Å². The van der Waals surface area contributed by atoms with E-state index in [0.29, 0.717) is 0 Å².